The number of carbonyl (C=O) groups is 2. The standard InChI is InChI=1S/C48H76O20/c1-43(2)14-15-48(42(62)68-40-35(59)31(55)29(53)23(19-50)64-40)21(16-43)20-8-9-25-45(5)12-11-27(44(3,4)24(45)10-13-46(25,6)47(20,7)17-26(48)51)65-41-37(33(57)32(56)36(66-41)38(60)61)67-39-34(58)30(54)28(52)22(18-49)63-39/h8,21-37,39-41,49-59H,9-19H2,1-7H3,(H,60,61). The van der Waals surface area contributed by atoms with Gasteiger partial charge in [-0.25, -0.2) is 4.79 Å². The number of fused-ring (bicyclic) bond motifs is 7. The van der Waals surface area contributed by atoms with Crippen LogP contribution in [0.2, 0.25) is 0 Å². The topological polar surface area (TPSA) is 332 Å². The Labute approximate surface area is 396 Å². The van der Waals surface area contributed by atoms with Gasteiger partial charge in [-0.3, -0.25) is 4.79 Å². The predicted octanol–water partition coefficient (Wildman–Crippen LogP) is -0.796. The van der Waals surface area contributed by atoms with E-state index in [2.05, 4.69) is 54.5 Å². The number of carboxylic acids is 1. The first-order chi connectivity index (χ1) is 31.6. The fraction of sp³-hybridized carbons (Fsp3) is 0.917. The number of ether oxygens (including phenoxy) is 6. The first kappa shape index (κ1) is 52.4. The van der Waals surface area contributed by atoms with Crippen molar-refractivity contribution in [1.82, 2.24) is 0 Å². The Hall–Kier alpha value is -1.96. The molecule has 7 fully saturated rings. The van der Waals surface area contributed by atoms with Gasteiger partial charge in [0.2, 0.25) is 6.29 Å². The minimum atomic E-state index is -2.00. The first-order valence-corrected chi connectivity index (χ1v) is 24.4. The minimum absolute atomic E-state index is 0.0132. The lowest BCUT2D eigenvalue weighted by Gasteiger charge is -2.71. The van der Waals surface area contributed by atoms with Gasteiger partial charge in [0.05, 0.1) is 25.4 Å². The molecule has 0 aromatic heterocycles. The molecular formula is C48H76O20. The van der Waals surface area contributed by atoms with E-state index in [0.717, 1.165) is 18.4 Å². The lowest BCUT2D eigenvalue weighted by atomic mass is 9.33. The van der Waals surface area contributed by atoms with Crippen molar-refractivity contribution in [2.75, 3.05) is 13.2 Å². The summed E-state index contributed by atoms with van der Waals surface area (Å²) in [6.07, 6.45) is -20.3. The lowest BCUT2D eigenvalue weighted by Crippen LogP contribution is -2.68. The molecule has 8 aliphatic rings. The zero-order chi connectivity index (χ0) is 50.0. The van der Waals surface area contributed by atoms with Gasteiger partial charge >= 0.3 is 11.9 Å². The fourth-order valence-corrected chi connectivity index (χ4v) is 15.1. The lowest BCUT2D eigenvalue weighted by molar-refractivity contribution is -0.374. The van der Waals surface area contributed by atoms with Crippen LogP contribution in [0.3, 0.4) is 0 Å². The molecule has 3 heterocycles. The number of aliphatic hydroxyl groups excluding tert-OH is 11. The first-order valence-electron chi connectivity index (χ1n) is 24.4. The summed E-state index contributed by atoms with van der Waals surface area (Å²) < 4.78 is 35.5. The highest BCUT2D eigenvalue weighted by atomic mass is 16.8. The van der Waals surface area contributed by atoms with Gasteiger partial charge in [-0.05, 0) is 103 Å². The van der Waals surface area contributed by atoms with E-state index >= 15 is 0 Å². The van der Waals surface area contributed by atoms with Crippen molar-refractivity contribution in [3.8, 4) is 0 Å². The van der Waals surface area contributed by atoms with Crippen molar-refractivity contribution in [3.63, 3.8) is 0 Å². The number of aliphatic carboxylic acids is 1. The van der Waals surface area contributed by atoms with Gasteiger partial charge < -0.3 is 89.7 Å². The van der Waals surface area contributed by atoms with E-state index in [9.17, 15) is 70.9 Å². The molecule has 388 valence electrons. The third-order valence-corrected chi connectivity index (χ3v) is 19.3. The van der Waals surface area contributed by atoms with Gasteiger partial charge in [0.1, 0.15) is 72.6 Å². The molecular weight excluding hydrogens is 897 g/mol. The number of hydrogen-bond acceptors (Lipinski definition) is 19. The predicted molar refractivity (Wildman–Crippen MR) is 232 cm³/mol. The summed E-state index contributed by atoms with van der Waals surface area (Å²) in [6.45, 7) is 13.8. The molecule has 0 aromatic rings. The maximum Gasteiger partial charge on any atom is 0.335 e. The van der Waals surface area contributed by atoms with Crippen LogP contribution < -0.4 is 0 Å². The quantitative estimate of drug-likeness (QED) is 0.0765. The van der Waals surface area contributed by atoms with Gasteiger partial charge in [0.15, 0.2) is 18.7 Å². The van der Waals surface area contributed by atoms with Crippen LogP contribution in [0.4, 0.5) is 0 Å². The van der Waals surface area contributed by atoms with Crippen LogP contribution in [0.5, 0.6) is 0 Å². The molecule has 68 heavy (non-hydrogen) atoms. The molecule has 12 N–H and O–H groups in total. The summed E-state index contributed by atoms with van der Waals surface area (Å²) in [7, 11) is 0. The molecule has 3 saturated heterocycles. The Morgan fingerprint density at radius 2 is 1.25 bits per heavy atom. The molecule has 20 heteroatoms. The van der Waals surface area contributed by atoms with Crippen LogP contribution in [0, 0.1) is 50.2 Å². The van der Waals surface area contributed by atoms with Gasteiger partial charge in [-0.2, -0.15) is 0 Å². The highest BCUT2D eigenvalue weighted by molar-refractivity contribution is 5.80. The number of allylic oxidation sites excluding steroid dienone is 2. The van der Waals surface area contributed by atoms with Crippen molar-refractivity contribution < 1.29 is 99.3 Å². The number of carboxylic acid groups (broad SMARTS) is 1. The van der Waals surface area contributed by atoms with Crippen LogP contribution in [-0.4, -0.2) is 191 Å². The van der Waals surface area contributed by atoms with Crippen LogP contribution in [-0.2, 0) is 38.0 Å². The van der Waals surface area contributed by atoms with E-state index in [1.807, 2.05) is 0 Å². The number of esters is 1. The summed E-state index contributed by atoms with van der Waals surface area (Å²) in [6, 6.07) is 0. The smallest absolute Gasteiger partial charge is 0.335 e. The van der Waals surface area contributed by atoms with E-state index in [1.54, 1.807) is 0 Å². The van der Waals surface area contributed by atoms with Crippen LogP contribution in [0.15, 0.2) is 11.6 Å². The molecule has 24 atom stereocenters. The highest BCUT2D eigenvalue weighted by Gasteiger charge is 2.72. The molecule has 3 aliphatic heterocycles. The Morgan fingerprint density at radius 3 is 1.85 bits per heavy atom. The number of rotatable bonds is 9. The average molecular weight is 973 g/mol. The normalized spacial score (nSPS) is 53.1. The van der Waals surface area contributed by atoms with E-state index in [-0.39, 0.29) is 34.5 Å². The van der Waals surface area contributed by atoms with Crippen LogP contribution >= 0.6 is 0 Å². The van der Waals surface area contributed by atoms with Crippen molar-refractivity contribution in [2.45, 2.75) is 211 Å². The van der Waals surface area contributed by atoms with Crippen molar-refractivity contribution >= 4 is 11.9 Å². The second kappa shape index (κ2) is 18.2. The second-order valence-corrected chi connectivity index (χ2v) is 23.6. The Morgan fingerprint density at radius 1 is 0.647 bits per heavy atom. The van der Waals surface area contributed by atoms with Gasteiger partial charge in [0, 0.05) is 0 Å². The number of hydrogen-bond donors (Lipinski definition) is 12. The van der Waals surface area contributed by atoms with E-state index < -0.39 is 152 Å². The van der Waals surface area contributed by atoms with Crippen LogP contribution in [0.25, 0.3) is 0 Å². The third-order valence-electron chi connectivity index (χ3n) is 19.3. The monoisotopic (exact) mass is 972 g/mol. The maximum absolute atomic E-state index is 14.7. The molecule has 24 unspecified atom stereocenters. The maximum atomic E-state index is 14.7. The minimum Gasteiger partial charge on any atom is -0.479 e. The second-order valence-electron chi connectivity index (χ2n) is 23.6. The average Bonchev–Trinajstić information content (AvgIpc) is 3.26. The summed E-state index contributed by atoms with van der Waals surface area (Å²) in [5.74, 6) is -2.68. The Bertz CT molecular complexity index is 1910. The fourth-order valence-electron chi connectivity index (χ4n) is 15.1. The van der Waals surface area contributed by atoms with Crippen molar-refractivity contribution in [3.05, 3.63) is 11.6 Å². The number of aliphatic hydroxyl groups is 11. The summed E-state index contributed by atoms with van der Waals surface area (Å²) >= 11 is 0. The largest absolute Gasteiger partial charge is 0.479 e. The Balaban J connectivity index is 1.07. The molecule has 5 aliphatic carbocycles. The van der Waals surface area contributed by atoms with Crippen molar-refractivity contribution in [1.29, 1.82) is 0 Å². The van der Waals surface area contributed by atoms with E-state index in [1.165, 1.54) is 0 Å². The Kier molecular flexibility index (Phi) is 14.0. The molecule has 0 aromatic carbocycles. The SMILES string of the molecule is CC1(C)CCC2(C(=O)OC3OC(CO)C(O)C(O)C3O)C(O)CC3(C)C(=CCC4C5(C)CCC(OC6OC(C(=O)O)C(O)C(O)C6OC6OC(CO)C(O)C(O)C6O)C(C)(C)C5CCC43C)C2C1. The molecule has 0 amide bonds. The summed E-state index contributed by atoms with van der Waals surface area (Å²) in [5, 5.41) is 128. The van der Waals surface area contributed by atoms with E-state index in [0.29, 0.717) is 38.5 Å². The van der Waals surface area contributed by atoms with Crippen molar-refractivity contribution in [2.24, 2.45) is 50.2 Å². The molecule has 20 nitrogen and oxygen atoms in total. The van der Waals surface area contributed by atoms with Gasteiger partial charge in [0.25, 0.3) is 0 Å². The zero-order valence-electron chi connectivity index (χ0n) is 40.0. The van der Waals surface area contributed by atoms with Gasteiger partial charge in [-0.15, -0.1) is 0 Å². The molecule has 0 spiro atoms. The highest BCUT2D eigenvalue weighted by Crippen LogP contribution is 2.76. The summed E-state index contributed by atoms with van der Waals surface area (Å²) in [4.78, 5) is 27.0. The zero-order valence-corrected chi connectivity index (χ0v) is 40.0. The van der Waals surface area contributed by atoms with Crippen LogP contribution in [0.1, 0.15) is 106 Å². The van der Waals surface area contributed by atoms with Gasteiger partial charge in [-0.1, -0.05) is 60.1 Å². The number of carbonyl (C=O) groups excluding carboxylic acids is 1. The molecule has 8 rings (SSSR count). The van der Waals surface area contributed by atoms with E-state index in [4.69, 9.17) is 28.4 Å². The molecule has 4 saturated carbocycles. The molecule has 0 radical (unpaired) electrons. The summed E-state index contributed by atoms with van der Waals surface area (Å²) in [5.41, 5.74) is -2.43. The third kappa shape index (κ3) is 7.94. The molecule has 0 bridgehead atoms.